The Balaban J connectivity index is 2.12. The molecule has 0 unspecified atom stereocenters. The summed E-state index contributed by atoms with van der Waals surface area (Å²) in [5.74, 6) is -0.193. The van der Waals surface area contributed by atoms with Crippen molar-refractivity contribution in [2.45, 2.75) is 12.5 Å². The lowest BCUT2D eigenvalue weighted by Crippen LogP contribution is -2.13. The van der Waals surface area contributed by atoms with Crippen LogP contribution in [0.15, 0.2) is 0 Å². The molecule has 0 aliphatic carbocycles. The van der Waals surface area contributed by atoms with E-state index < -0.39 is 0 Å². The van der Waals surface area contributed by atoms with E-state index in [-0.39, 0.29) is 18.9 Å². The molecule has 0 aromatic carbocycles. The van der Waals surface area contributed by atoms with E-state index in [2.05, 4.69) is 9.47 Å². The van der Waals surface area contributed by atoms with Gasteiger partial charge in [0.15, 0.2) is 0 Å². The first-order valence-corrected chi connectivity index (χ1v) is 3.09. The molecule has 0 aromatic heterocycles. The van der Waals surface area contributed by atoms with Crippen molar-refractivity contribution in [1.29, 1.82) is 0 Å². The second-order valence-corrected chi connectivity index (χ2v) is 2.08. The number of carbonyl (C=O) groups is 1. The first kappa shape index (κ1) is 7.50. The molecule has 10 heavy (non-hydrogen) atoms. The first-order chi connectivity index (χ1) is 4.83. The van der Waals surface area contributed by atoms with Gasteiger partial charge >= 0.3 is 5.97 Å². The van der Waals surface area contributed by atoms with Crippen LogP contribution in [0, 0.1) is 0 Å². The Morgan fingerprint density at radius 1 is 1.80 bits per heavy atom. The molecule has 0 N–H and O–H groups in total. The van der Waals surface area contributed by atoms with Crippen LogP contribution in [0.25, 0.3) is 0 Å². The van der Waals surface area contributed by atoms with Gasteiger partial charge in [0.05, 0.1) is 6.42 Å². The minimum atomic E-state index is -0.193. The summed E-state index contributed by atoms with van der Waals surface area (Å²) in [4.78, 5) is 10.5. The Kier molecular flexibility index (Phi) is 2.65. The number of cyclic esters (lactones) is 1. The lowest BCUT2D eigenvalue weighted by molar-refractivity contribution is -0.137. The van der Waals surface area contributed by atoms with Gasteiger partial charge in [0, 0.05) is 7.11 Å². The Morgan fingerprint density at radius 2 is 2.60 bits per heavy atom. The number of rotatable bonds is 3. The van der Waals surface area contributed by atoms with Crippen molar-refractivity contribution in [3.05, 3.63) is 0 Å². The van der Waals surface area contributed by atoms with Crippen LogP contribution in [0.1, 0.15) is 6.42 Å². The summed E-state index contributed by atoms with van der Waals surface area (Å²) in [7, 11) is 1.54. The maximum atomic E-state index is 10.5. The summed E-state index contributed by atoms with van der Waals surface area (Å²) in [6.07, 6.45) is 0.246. The highest BCUT2D eigenvalue weighted by Gasteiger charge is 2.23. The maximum Gasteiger partial charge on any atom is 0.308 e. The SMILES string of the molecule is COCO[C@@H]1COC(=O)C1. The average Bonchev–Trinajstić information content (AvgIpc) is 2.31. The smallest absolute Gasteiger partial charge is 0.308 e. The van der Waals surface area contributed by atoms with Gasteiger partial charge in [-0.25, -0.2) is 0 Å². The Morgan fingerprint density at radius 3 is 3.10 bits per heavy atom. The summed E-state index contributed by atoms with van der Waals surface area (Å²) in [6.45, 7) is 0.587. The fraction of sp³-hybridized carbons (Fsp3) is 0.833. The molecular weight excluding hydrogens is 136 g/mol. The van der Waals surface area contributed by atoms with Gasteiger partial charge < -0.3 is 14.2 Å². The van der Waals surface area contributed by atoms with Crippen LogP contribution in [-0.4, -0.2) is 32.6 Å². The molecular formula is C6H10O4. The summed E-state index contributed by atoms with van der Waals surface area (Å²) >= 11 is 0. The molecule has 0 aromatic rings. The third-order valence-electron chi connectivity index (χ3n) is 1.25. The van der Waals surface area contributed by atoms with Crippen LogP contribution < -0.4 is 0 Å². The van der Waals surface area contributed by atoms with Crippen LogP contribution in [0.5, 0.6) is 0 Å². The monoisotopic (exact) mass is 146 g/mol. The van der Waals surface area contributed by atoms with Gasteiger partial charge in [-0.2, -0.15) is 0 Å². The van der Waals surface area contributed by atoms with Crippen LogP contribution >= 0.6 is 0 Å². The number of hydrogen-bond acceptors (Lipinski definition) is 4. The normalized spacial score (nSPS) is 24.9. The molecule has 1 rings (SSSR count). The lowest BCUT2D eigenvalue weighted by atomic mass is 10.3. The van der Waals surface area contributed by atoms with E-state index in [9.17, 15) is 4.79 Å². The number of ether oxygens (including phenoxy) is 3. The molecule has 58 valence electrons. The van der Waals surface area contributed by atoms with Gasteiger partial charge in [-0.1, -0.05) is 0 Å². The van der Waals surface area contributed by atoms with Crippen LogP contribution in [0.3, 0.4) is 0 Å². The number of hydrogen-bond donors (Lipinski definition) is 0. The van der Waals surface area contributed by atoms with Gasteiger partial charge in [-0.3, -0.25) is 4.79 Å². The topological polar surface area (TPSA) is 44.8 Å². The molecule has 0 saturated carbocycles. The van der Waals surface area contributed by atoms with Gasteiger partial charge in [0.2, 0.25) is 0 Å². The first-order valence-electron chi connectivity index (χ1n) is 3.09. The quantitative estimate of drug-likeness (QED) is 0.412. The molecule has 1 fully saturated rings. The Bertz CT molecular complexity index is 123. The second-order valence-electron chi connectivity index (χ2n) is 2.08. The van der Waals surface area contributed by atoms with Crippen molar-refractivity contribution in [2.75, 3.05) is 20.5 Å². The van der Waals surface area contributed by atoms with Crippen LogP contribution in [-0.2, 0) is 19.0 Å². The number of esters is 1. The number of methoxy groups -OCH3 is 1. The van der Waals surface area contributed by atoms with E-state index in [0.29, 0.717) is 13.0 Å². The van der Waals surface area contributed by atoms with E-state index in [4.69, 9.17) is 4.74 Å². The zero-order valence-corrected chi connectivity index (χ0v) is 5.83. The summed E-state index contributed by atoms with van der Waals surface area (Å²) in [5, 5.41) is 0. The largest absolute Gasteiger partial charge is 0.463 e. The molecule has 1 saturated heterocycles. The molecule has 1 aliphatic heterocycles. The minimum absolute atomic E-state index is 0.104. The van der Waals surface area contributed by atoms with Crippen LogP contribution in [0.2, 0.25) is 0 Å². The van der Waals surface area contributed by atoms with Gasteiger partial charge in [0.25, 0.3) is 0 Å². The molecule has 4 nitrogen and oxygen atoms in total. The van der Waals surface area contributed by atoms with Gasteiger partial charge in [-0.05, 0) is 0 Å². The van der Waals surface area contributed by atoms with Crippen LogP contribution in [0.4, 0.5) is 0 Å². The molecule has 1 aliphatic rings. The van der Waals surface area contributed by atoms with E-state index in [0.717, 1.165) is 0 Å². The molecule has 0 spiro atoms. The van der Waals surface area contributed by atoms with E-state index in [1.165, 1.54) is 7.11 Å². The zero-order chi connectivity index (χ0) is 7.40. The standard InChI is InChI=1S/C6H10O4/c1-8-4-10-5-2-6(7)9-3-5/h5H,2-4H2,1H3/t5-/m0/s1. The van der Waals surface area contributed by atoms with Crippen molar-refractivity contribution in [2.24, 2.45) is 0 Å². The summed E-state index contributed by atoms with van der Waals surface area (Å²) in [5.41, 5.74) is 0. The van der Waals surface area contributed by atoms with Gasteiger partial charge in [0.1, 0.15) is 19.5 Å². The minimum Gasteiger partial charge on any atom is -0.463 e. The lowest BCUT2D eigenvalue weighted by Gasteiger charge is -2.05. The van der Waals surface area contributed by atoms with Crippen molar-refractivity contribution in [1.82, 2.24) is 0 Å². The third kappa shape index (κ3) is 1.97. The highest BCUT2D eigenvalue weighted by Crippen LogP contribution is 2.08. The molecule has 1 heterocycles. The molecule has 0 amide bonds. The van der Waals surface area contributed by atoms with Crippen molar-refractivity contribution in [3.63, 3.8) is 0 Å². The molecule has 1 atom stereocenters. The van der Waals surface area contributed by atoms with Gasteiger partial charge in [-0.15, -0.1) is 0 Å². The summed E-state index contributed by atoms with van der Waals surface area (Å²) in [6, 6.07) is 0. The van der Waals surface area contributed by atoms with Crippen molar-refractivity contribution in [3.8, 4) is 0 Å². The Hall–Kier alpha value is -0.610. The maximum absolute atomic E-state index is 10.5. The second kappa shape index (κ2) is 3.53. The van der Waals surface area contributed by atoms with Crippen molar-refractivity contribution >= 4 is 5.97 Å². The number of carbonyl (C=O) groups excluding carboxylic acids is 1. The molecule has 0 bridgehead atoms. The van der Waals surface area contributed by atoms with E-state index in [1.807, 2.05) is 0 Å². The van der Waals surface area contributed by atoms with E-state index >= 15 is 0 Å². The molecule has 4 heteroatoms. The predicted octanol–water partition coefficient (Wildman–Crippen LogP) is -0.0776. The third-order valence-corrected chi connectivity index (χ3v) is 1.25. The van der Waals surface area contributed by atoms with Crippen molar-refractivity contribution < 1.29 is 19.0 Å². The van der Waals surface area contributed by atoms with E-state index in [1.54, 1.807) is 0 Å². The fourth-order valence-corrected chi connectivity index (χ4v) is 0.761. The molecule has 0 radical (unpaired) electrons. The zero-order valence-electron chi connectivity index (χ0n) is 5.83. The highest BCUT2D eigenvalue weighted by atomic mass is 16.7. The summed E-state index contributed by atoms with van der Waals surface area (Å²) < 4.78 is 14.3. The fourth-order valence-electron chi connectivity index (χ4n) is 0.761. The predicted molar refractivity (Wildman–Crippen MR) is 32.3 cm³/mol. The highest BCUT2D eigenvalue weighted by molar-refractivity contribution is 5.71. The average molecular weight is 146 g/mol. The Labute approximate surface area is 59.1 Å².